The number of halogens is 1. The lowest BCUT2D eigenvalue weighted by atomic mass is 10.1. The van der Waals surface area contributed by atoms with Gasteiger partial charge in [0, 0.05) is 0 Å². The van der Waals surface area contributed by atoms with Gasteiger partial charge in [0.15, 0.2) is 6.61 Å². The van der Waals surface area contributed by atoms with Gasteiger partial charge in [0.2, 0.25) is 0 Å². The van der Waals surface area contributed by atoms with E-state index in [-0.39, 0.29) is 10.6 Å². The van der Waals surface area contributed by atoms with Gasteiger partial charge < -0.3 is 4.74 Å². The van der Waals surface area contributed by atoms with Crippen LogP contribution in [0.5, 0.6) is 5.75 Å². The van der Waals surface area contributed by atoms with E-state index >= 15 is 0 Å². The van der Waals surface area contributed by atoms with Gasteiger partial charge in [-0.3, -0.25) is 4.79 Å². The summed E-state index contributed by atoms with van der Waals surface area (Å²) in [5.41, 5.74) is 3.40. The lowest BCUT2D eigenvalue weighted by Gasteiger charge is -2.23. The molecule has 7 heteroatoms. The summed E-state index contributed by atoms with van der Waals surface area (Å²) < 4.78 is 34.4. The number of nitrogens with zero attached hydrogens (tertiary/aromatic N) is 1. The van der Waals surface area contributed by atoms with Crippen LogP contribution in [0.2, 0.25) is 0 Å². The predicted octanol–water partition coefficient (Wildman–Crippen LogP) is 7.26. The maximum atomic E-state index is 13.6. The van der Waals surface area contributed by atoms with Crippen molar-refractivity contribution < 1.29 is 17.9 Å². The normalized spacial score (nSPS) is 11.2. The third-order valence-electron chi connectivity index (χ3n) is 5.89. The number of benzene rings is 4. The van der Waals surface area contributed by atoms with Crippen molar-refractivity contribution in [3.8, 4) is 16.9 Å². The van der Waals surface area contributed by atoms with Gasteiger partial charge in [0.1, 0.15) is 5.75 Å². The molecule has 0 aliphatic rings. The van der Waals surface area contributed by atoms with Crippen LogP contribution in [-0.2, 0) is 21.2 Å². The van der Waals surface area contributed by atoms with Crippen LogP contribution in [0, 0.1) is 0 Å². The molecule has 4 rings (SSSR count). The molecule has 0 aliphatic carbocycles. The summed E-state index contributed by atoms with van der Waals surface area (Å²) in [6.45, 7) is 1.67. The highest BCUT2D eigenvalue weighted by Gasteiger charge is 2.31. The Morgan fingerprint density at radius 2 is 1.49 bits per heavy atom. The minimum atomic E-state index is -4.15. The van der Waals surface area contributed by atoms with Crippen LogP contribution in [-0.4, -0.2) is 20.9 Å². The molecule has 0 unspecified atom stereocenters. The quantitative estimate of drug-likeness (QED) is 0.199. The first kappa shape index (κ1) is 26.6. The average molecular weight is 579 g/mol. The Morgan fingerprint density at radius 1 is 0.838 bits per heavy atom. The van der Waals surface area contributed by atoms with Gasteiger partial charge in [0.05, 0.1) is 15.1 Å². The van der Waals surface area contributed by atoms with Crippen LogP contribution in [0.15, 0.2) is 112 Å². The molecule has 0 aliphatic heterocycles. The fourth-order valence-electron chi connectivity index (χ4n) is 3.92. The molecular weight excluding hydrogens is 550 g/mol. The van der Waals surface area contributed by atoms with Crippen molar-refractivity contribution in [2.45, 2.75) is 31.1 Å². The van der Waals surface area contributed by atoms with Crippen LogP contribution < -0.4 is 9.04 Å². The smallest absolute Gasteiger partial charge is 0.278 e. The zero-order valence-electron chi connectivity index (χ0n) is 20.5. The summed E-state index contributed by atoms with van der Waals surface area (Å²) >= 11 is 3.51. The zero-order valence-corrected chi connectivity index (χ0v) is 22.9. The molecule has 0 N–H and O–H groups in total. The molecule has 37 heavy (non-hydrogen) atoms. The molecule has 0 heterocycles. The van der Waals surface area contributed by atoms with E-state index in [0.29, 0.717) is 10.2 Å². The summed E-state index contributed by atoms with van der Waals surface area (Å²) in [5, 5.41) is 0. The fraction of sp³-hybridized carbons (Fsp3) is 0.167. The zero-order chi connectivity index (χ0) is 26.3. The Kier molecular flexibility index (Phi) is 8.79. The first-order valence-corrected chi connectivity index (χ1v) is 14.3. The number of carbonyl (C=O) groups is 1. The predicted molar refractivity (Wildman–Crippen MR) is 151 cm³/mol. The minimum absolute atomic E-state index is 0.0341. The number of sulfonamides is 1. The van der Waals surface area contributed by atoms with E-state index < -0.39 is 22.5 Å². The van der Waals surface area contributed by atoms with E-state index in [2.05, 4.69) is 22.9 Å². The number of carbonyl (C=O) groups excluding carboxylic acids is 1. The van der Waals surface area contributed by atoms with Crippen LogP contribution in [0.3, 0.4) is 0 Å². The molecule has 0 atom stereocenters. The summed E-state index contributed by atoms with van der Waals surface area (Å²) in [7, 11) is -4.15. The monoisotopic (exact) mass is 577 g/mol. The van der Waals surface area contributed by atoms with E-state index in [0.717, 1.165) is 40.3 Å². The maximum Gasteiger partial charge on any atom is 0.278 e. The Morgan fingerprint density at radius 3 is 2.11 bits per heavy atom. The second-order valence-corrected chi connectivity index (χ2v) is 11.2. The van der Waals surface area contributed by atoms with E-state index in [1.54, 1.807) is 36.4 Å². The number of rotatable bonds is 10. The van der Waals surface area contributed by atoms with Crippen molar-refractivity contribution >= 4 is 37.5 Å². The van der Waals surface area contributed by atoms with E-state index in [1.807, 2.05) is 54.6 Å². The number of ether oxygens (including phenoxy) is 1. The van der Waals surface area contributed by atoms with Crippen molar-refractivity contribution in [1.29, 1.82) is 0 Å². The van der Waals surface area contributed by atoms with Crippen molar-refractivity contribution in [2.75, 3.05) is 10.9 Å². The highest BCUT2D eigenvalue weighted by atomic mass is 79.9. The van der Waals surface area contributed by atoms with Crippen molar-refractivity contribution in [2.24, 2.45) is 0 Å². The molecule has 4 aromatic carbocycles. The molecule has 0 radical (unpaired) electrons. The first-order valence-electron chi connectivity index (χ1n) is 12.1. The molecule has 4 aromatic rings. The summed E-state index contributed by atoms with van der Waals surface area (Å²) in [4.78, 5) is 13.4. The van der Waals surface area contributed by atoms with Crippen LogP contribution in [0.4, 0.5) is 5.69 Å². The van der Waals surface area contributed by atoms with E-state index in [4.69, 9.17) is 4.74 Å². The average Bonchev–Trinajstić information content (AvgIpc) is 2.93. The van der Waals surface area contributed by atoms with E-state index in [1.165, 1.54) is 12.1 Å². The van der Waals surface area contributed by atoms with Gasteiger partial charge >= 0.3 is 0 Å². The lowest BCUT2D eigenvalue weighted by molar-refractivity contribution is -0.119. The molecule has 1 amide bonds. The van der Waals surface area contributed by atoms with Gasteiger partial charge in [-0.2, -0.15) is 4.31 Å². The molecular formula is C30H28BrNO4S. The Bertz CT molecular complexity index is 1440. The number of unbranched alkanes of at least 4 members (excludes halogenated alkanes) is 1. The second-order valence-electron chi connectivity index (χ2n) is 8.55. The molecule has 0 spiro atoms. The summed E-state index contributed by atoms with van der Waals surface area (Å²) in [6, 6.07) is 30.5. The summed E-state index contributed by atoms with van der Waals surface area (Å²) in [6.07, 6.45) is 3.00. The number of hydrogen-bond acceptors (Lipinski definition) is 4. The highest BCUT2D eigenvalue weighted by Crippen LogP contribution is 2.31. The van der Waals surface area contributed by atoms with E-state index in [9.17, 15) is 13.2 Å². The Labute approximate surface area is 226 Å². The van der Waals surface area contributed by atoms with Crippen LogP contribution in [0.25, 0.3) is 11.1 Å². The maximum absolute atomic E-state index is 13.6. The van der Waals surface area contributed by atoms with Crippen molar-refractivity contribution in [1.82, 2.24) is 0 Å². The van der Waals surface area contributed by atoms with Gasteiger partial charge in [-0.1, -0.05) is 80.1 Å². The number of aryl methyl sites for hydroxylation is 1. The molecule has 0 saturated carbocycles. The minimum Gasteiger partial charge on any atom is -0.483 e. The molecule has 0 saturated heterocycles. The summed E-state index contributed by atoms with van der Waals surface area (Å²) in [5.74, 6) is -0.246. The Balaban J connectivity index is 1.59. The fourth-order valence-corrected chi connectivity index (χ4v) is 5.84. The highest BCUT2D eigenvalue weighted by molar-refractivity contribution is 9.10. The molecule has 5 nitrogen and oxygen atoms in total. The van der Waals surface area contributed by atoms with Gasteiger partial charge in [-0.25, -0.2) is 8.42 Å². The number of anilines is 1. The SMILES string of the molecule is CCCCc1ccc(N(C(=O)COc2ccc(-c3ccccc3)cc2Br)S(=O)(=O)c2ccccc2)cc1. The van der Waals surface area contributed by atoms with Gasteiger partial charge in [0.25, 0.3) is 15.9 Å². The first-order chi connectivity index (χ1) is 17.9. The van der Waals surface area contributed by atoms with Crippen LogP contribution in [0.1, 0.15) is 25.3 Å². The van der Waals surface area contributed by atoms with Crippen LogP contribution >= 0.6 is 15.9 Å². The van der Waals surface area contributed by atoms with Crippen molar-refractivity contribution in [3.63, 3.8) is 0 Å². The third kappa shape index (κ3) is 6.48. The second kappa shape index (κ2) is 12.2. The largest absolute Gasteiger partial charge is 0.483 e. The standard InChI is InChI=1S/C30H28BrNO4S/c1-2-3-10-23-15-18-26(19-16-23)32(37(34,35)27-13-8-5-9-14-27)30(33)22-36-29-20-17-25(21-28(29)31)24-11-6-4-7-12-24/h4-9,11-21H,2-3,10,22H2,1H3. The molecule has 0 fully saturated rings. The molecule has 0 aromatic heterocycles. The molecule has 0 bridgehead atoms. The lowest BCUT2D eigenvalue weighted by Crippen LogP contribution is -2.40. The topological polar surface area (TPSA) is 63.7 Å². The van der Waals surface area contributed by atoms with Gasteiger partial charge in [-0.15, -0.1) is 0 Å². The molecule has 190 valence electrons. The number of amides is 1. The third-order valence-corrected chi connectivity index (χ3v) is 8.27. The Hall–Kier alpha value is -3.42. The van der Waals surface area contributed by atoms with Crippen molar-refractivity contribution in [3.05, 3.63) is 113 Å². The number of hydrogen-bond donors (Lipinski definition) is 0. The van der Waals surface area contributed by atoms with Gasteiger partial charge in [-0.05, 0) is 81.9 Å².